The van der Waals surface area contributed by atoms with E-state index in [-0.39, 0.29) is 0 Å². The third kappa shape index (κ3) is 3.02. The van der Waals surface area contributed by atoms with E-state index in [0.29, 0.717) is 18.8 Å². The smallest absolute Gasteiger partial charge is 0.109 e. The van der Waals surface area contributed by atoms with Gasteiger partial charge in [-0.05, 0) is 44.9 Å². The minimum Gasteiger partial charge on any atom is -0.368 e. The molecule has 0 unspecified atom stereocenters. The number of nitrogens with one attached hydrogen (secondary N) is 1. The van der Waals surface area contributed by atoms with Crippen LogP contribution in [0.4, 0.5) is 4.39 Å². The molecule has 0 spiro atoms. The Kier molecular flexibility index (Phi) is 3.50. The highest BCUT2D eigenvalue weighted by molar-refractivity contribution is 5.17. The zero-order valence-corrected chi connectivity index (χ0v) is 8.89. The van der Waals surface area contributed by atoms with Crippen LogP contribution in [-0.4, -0.2) is 5.67 Å². The highest BCUT2D eigenvalue weighted by Crippen LogP contribution is 2.44. The molecular formula is C12H18FN. The highest BCUT2D eigenvalue weighted by Gasteiger charge is 2.40. The molecular weight excluding hydrogens is 177 g/mol. The van der Waals surface area contributed by atoms with Crippen LogP contribution >= 0.6 is 0 Å². The molecule has 1 N–H and O–H groups in total. The Bertz CT molecular complexity index is 255. The first kappa shape index (κ1) is 11.0. The topological polar surface area (TPSA) is 12.0 Å². The Hall–Kier alpha value is -1.05. The molecule has 2 heteroatoms. The minimum atomic E-state index is -0.928. The zero-order chi connectivity index (χ0) is 10.6. The summed E-state index contributed by atoms with van der Waals surface area (Å²) in [6.07, 6.45) is 8.70. The molecule has 1 aliphatic carbocycles. The molecule has 1 aliphatic rings. The third-order valence-electron chi connectivity index (χ3n) is 2.66. The van der Waals surface area contributed by atoms with E-state index in [1.807, 2.05) is 18.4 Å². The van der Waals surface area contributed by atoms with Crippen LogP contribution in [0.3, 0.4) is 0 Å². The summed E-state index contributed by atoms with van der Waals surface area (Å²) in [5.41, 5.74) is 0.324. The van der Waals surface area contributed by atoms with Gasteiger partial charge in [-0.2, -0.15) is 0 Å². The Morgan fingerprint density at radius 1 is 1.57 bits per heavy atom. The van der Waals surface area contributed by atoms with Crippen molar-refractivity contribution in [3.8, 4) is 0 Å². The monoisotopic (exact) mass is 195 g/mol. The van der Waals surface area contributed by atoms with E-state index in [2.05, 4.69) is 18.8 Å². The molecule has 0 amide bonds. The van der Waals surface area contributed by atoms with E-state index in [4.69, 9.17) is 0 Å². The summed E-state index contributed by atoms with van der Waals surface area (Å²) in [6.45, 7) is 7.25. The standard InChI is InChI=1S/C12H18FN/c1-4-14-7-5-6-10(2)11-8-12(3,13)9-11/h4-7,11,14H,1,8-9H2,2-3H3/b7-5-,10-6-. The molecule has 0 saturated heterocycles. The van der Waals surface area contributed by atoms with E-state index in [0.717, 1.165) is 0 Å². The van der Waals surface area contributed by atoms with Crippen LogP contribution in [-0.2, 0) is 0 Å². The number of halogens is 1. The molecule has 78 valence electrons. The molecule has 1 rings (SSSR count). The fourth-order valence-electron chi connectivity index (χ4n) is 1.75. The van der Waals surface area contributed by atoms with Crippen LogP contribution in [0, 0.1) is 5.92 Å². The van der Waals surface area contributed by atoms with Crippen molar-refractivity contribution in [2.45, 2.75) is 32.4 Å². The first-order valence-electron chi connectivity index (χ1n) is 4.94. The van der Waals surface area contributed by atoms with Gasteiger partial charge < -0.3 is 5.32 Å². The van der Waals surface area contributed by atoms with Crippen LogP contribution < -0.4 is 5.32 Å². The lowest BCUT2D eigenvalue weighted by molar-refractivity contribution is 0.0426. The summed E-state index contributed by atoms with van der Waals surface area (Å²) in [4.78, 5) is 0. The maximum absolute atomic E-state index is 13.2. The van der Waals surface area contributed by atoms with E-state index >= 15 is 0 Å². The molecule has 0 aromatic carbocycles. The molecule has 0 heterocycles. The van der Waals surface area contributed by atoms with Gasteiger partial charge in [0, 0.05) is 6.20 Å². The van der Waals surface area contributed by atoms with Crippen molar-refractivity contribution in [3.05, 3.63) is 36.7 Å². The van der Waals surface area contributed by atoms with E-state index < -0.39 is 5.67 Å². The van der Waals surface area contributed by atoms with Gasteiger partial charge >= 0.3 is 0 Å². The second-order valence-corrected chi connectivity index (χ2v) is 4.16. The third-order valence-corrected chi connectivity index (χ3v) is 2.66. The molecule has 14 heavy (non-hydrogen) atoms. The average Bonchev–Trinajstić information content (AvgIpc) is 2.08. The molecule has 1 fully saturated rings. The second-order valence-electron chi connectivity index (χ2n) is 4.16. The fraction of sp³-hybridized carbons (Fsp3) is 0.500. The fourth-order valence-corrected chi connectivity index (χ4v) is 1.75. The van der Waals surface area contributed by atoms with Gasteiger partial charge in [0.2, 0.25) is 0 Å². The summed E-state index contributed by atoms with van der Waals surface area (Å²) in [6, 6.07) is 0. The lowest BCUT2D eigenvalue weighted by Gasteiger charge is -2.39. The molecule has 0 radical (unpaired) electrons. The predicted octanol–water partition coefficient (Wildman–Crippen LogP) is 3.32. The number of allylic oxidation sites excluding steroid dienone is 3. The first-order chi connectivity index (χ1) is 6.55. The van der Waals surface area contributed by atoms with Crippen molar-refractivity contribution >= 4 is 0 Å². The van der Waals surface area contributed by atoms with Gasteiger partial charge in [0.05, 0.1) is 0 Å². The Balaban J connectivity index is 2.35. The largest absolute Gasteiger partial charge is 0.368 e. The Labute approximate surface area is 85.4 Å². The van der Waals surface area contributed by atoms with Gasteiger partial charge in [-0.25, -0.2) is 4.39 Å². The molecule has 1 nitrogen and oxygen atoms in total. The normalized spacial score (nSPS) is 32.8. The van der Waals surface area contributed by atoms with Gasteiger partial charge in [-0.3, -0.25) is 0 Å². The van der Waals surface area contributed by atoms with Crippen LogP contribution in [0.5, 0.6) is 0 Å². The summed E-state index contributed by atoms with van der Waals surface area (Å²) in [5.74, 6) is 0.429. The number of hydrogen-bond donors (Lipinski definition) is 1. The maximum Gasteiger partial charge on any atom is 0.109 e. The van der Waals surface area contributed by atoms with Gasteiger partial charge in [0.1, 0.15) is 5.67 Å². The average molecular weight is 195 g/mol. The quantitative estimate of drug-likeness (QED) is 0.678. The van der Waals surface area contributed by atoms with Crippen LogP contribution in [0.25, 0.3) is 0 Å². The summed E-state index contributed by atoms with van der Waals surface area (Å²) in [5, 5.41) is 2.86. The van der Waals surface area contributed by atoms with Gasteiger partial charge in [-0.1, -0.05) is 18.2 Å². The Morgan fingerprint density at radius 2 is 2.21 bits per heavy atom. The number of rotatable bonds is 4. The van der Waals surface area contributed by atoms with E-state index in [1.54, 1.807) is 13.1 Å². The molecule has 0 bridgehead atoms. The molecule has 0 aromatic heterocycles. The van der Waals surface area contributed by atoms with E-state index in [9.17, 15) is 4.39 Å². The van der Waals surface area contributed by atoms with Crippen molar-refractivity contribution in [1.82, 2.24) is 5.32 Å². The zero-order valence-electron chi connectivity index (χ0n) is 8.89. The summed E-state index contributed by atoms with van der Waals surface area (Å²) < 4.78 is 13.2. The Morgan fingerprint density at radius 3 is 2.71 bits per heavy atom. The molecule has 0 aromatic rings. The van der Waals surface area contributed by atoms with Gasteiger partial charge in [0.15, 0.2) is 0 Å². The second kappa shape index (κ2) is 4.45. The number of alkyl halides is 1. The van der Waals surface area contributed by atoms with Crippen molar-refractivity contribution < 1.29 is 4.39 Å². The van der Waals surface area contributed by atoms with Crippen molar-refractivity contribution in [2.75, 3.05) is 0 Å². The predicted molar refractivity (Wildman–Crippen MR) is 58.5 cm³/mol. The molecule has 0 atom stereocenters. The van der Waals surface area contributed by atoms with Crippen LogP contribution in [0.15, 0.2) is 36.7 Å². The van der Waals surface area contributed by atoms with Crippen molar-refractivity contribution in [3.63, 3.8) is 0 Å². The van der Waals surface area contributed by atoms with Crippen molar-refractivity contribution in [2.24, 2.45) is 5.92 Å². The van der Waals surface area contributed by atoms with Crippen LogP contribution in [0.1, 0.15) is 26.7 Å². The minimum absolute atomic E-state index is 0.429. The first-order valence-corrected chi connectivity index (χ1v) is 4.94. The lowest BCUT2D eigenvalue weighted by Crippen LogP contribution is -2.37. The van der Waals surface area contributed by atoms with Gasteiger partial charge in [-0.15, -0.1) is 0 Å². The molecule has 0 aliphatic heterocycles. The van der Waals surface area contributed by atoms with Crippen molar-refractivity contribution in [1.29, 1.82) is 0 Å². The number of hydrogen-bond acceptors (Lipinski definition) is 1. The highest BCUT2D eigenvalue weighted by atomic mass is 19.1. The SMILES string of the molecule is C=CN/C=C\C=C(\C)C1CC(C)(F)C1. The van der Waals surface area contributed by atoms with E-state index in [1.165, 1.54) is 5.57 Å². The lowest BCUT2D eigenvalue weighted by atomic mass is 9.70. The summed E-state index contributed by atoms with van der Waals surface area (Å²) >= 11 is 0. The maximum atomic E-state index is 13.2. The summed E-state index contributed by atoms with van der Waals surface area (Å²) in [7, 11) is 0. The van der Waals surface area contributed by atoms with Gasteiger partial charge in [0.25, 0.3) is 0 Å². The molecule has 1 saturated carbocycles. The van der Waals surface area contributed by atoms with Crippen LogP contribution in [0.2, 0.25) is 0 Å².